The van der Waals surface area contributed by atoms with Crippen molar-refractivity contribution in [3.05, 3.63) is 34.8 Å². The van der Waals surface area contributed by atoms with Gasteiger partial charge in [-0.15, -0.1) is 0 Å². The Morgan fingerprint density at radius 2 is 1.84 bits per heavy atom. The molecule has 1 unspecified atom stereocenters. The summed E-state index contributed by atoms with van der Waals surface area (Å²) in [4.78, 5) is 15.7. The van der Waals surface area contributed by atoms with Gasteiger partial charge in [-0.1, -0.05) is 0 Å². The number of ether oxygens (including phenoxy) is 2. The maximum absolute atomic E-state index is 13.7. The number of carbonyl (C=O) groups excluding carboxylic acids is 1. The highest BCUT2D eigenvalue weighted by Crippen LogP contribution is 2.42. The number of aliphatic hydroxyl groups excluding tert-OH is 1. The van der Waals surface area contributed by atoms with Crippen LogP contribution in [0, 0.1) is 6.92 Å². The lowest BCUT2D eigenvalue weighted by Crippen LogP contribution is -2.24. The number of nitrogens with zero attached hydrogens (tertiary/aromatic N) is 3. The average Bonchev–Trinajstić information content (AvgIpc) is 2.97. The van der Waals surface area contributed by atoms with Crippen molar-refractivity contribution in [2.45, 2.75) is 58.9 Å². The summed E-state index contributed by atoms with van der Waals surface area (Å²) in [5, 5.41) is 13.7. The Labute approximate surface area is 174 Å². The van der Waals surface area contributed by atoms with E-state index in [-0.39, 0.29) is 23.7 Å². The molecule has 0 saturated heterocycles. The SMILES string of the molecule is CCOC(=O)c1nn(C(C)(C)C)c(Oc2cncc(C(O)C(F)(F)F)c2C(F)F)c1C. The molecule has 1 atom stereocenters. The van der Waals surface area contributed by atoms with E-state index in [4.69, 9.17) is 9.47 Å². The molecule has 172 valence electrons. The summed E-state index contributed by atoms with van der Waals surface area (Å²) < 4.78 is 78.0. The van der Waals surface area contributed by atoms with Crippen LogP contribution in [0.3, 0.4) is 0 Å². The summed E-state index contributed by atoms with van der Waals surface area (Å²) in [6, 6.07) is 0. The van der Waals surface area contributed by atoms with E-state index in [9.17, 15) is 31.9 Å². The van der Waals surface area contributed by atoms with Gasteiger partial charge in [0.2, 0.25) is 5.88 Å². The van der Waals surface area contributed by atoms with Gasteiger partial charge in [0.05, 0.1) is 23.9 Å². The second-order valence-electron chi connectivity index (χ2n) is 7.57. The summed E-state index contributed by atoms with van der Waals surface area (Å²) >= 11 is 0. The third-order valence-electron chi connectivity index (χ3n) is 4.18. The molecule has 2 aromatic rings. The molecule has 31 heavy (non-hydrogen) atoms. The first-order valence-corrected chi connectivity index (χ1v) is 9.15. The highest BCUT2D eigenvalue weighted by atomic mass is 19.4. The van der Waals surface area contributed by atoms with Crippen LogP contribution in [0.15, 0.2) is 12.4 Å². The minimum atomic E-state index is -5.19. The van der Waals surface area contributed by atoms with Crippen LogP contribution in [0.1, 0.15) is 67.4 Å². The lowest BCUT2D eigenvalue weighted by atomic mass is 10.0. The first-order chi connectivity index (χ1) is 14.2. The highest BCUT2D eigenvalue weighted by Gasteiger charge is 2.42. The lowest BCUT2D eigenvalue weighted by Gasteiger charge is -2.24. The van der Waals surface area contributed by atoms with Gasteiger partial charge in [-0.2, -0.15) is 18.3 Å². The number of esters is 1. The largest absolute Gasteiger partial charge is 0.461 e. The molecular weight excluding hydrogens is 429 g/mol. The lowest BCUT2D eigenvalue weighted by molar-refractivity contribution is -0.207. The predicted molar refractivity (Wildman–Crippen MR) is 98.2 cm³/mol. The third kappa shape index (κ3) is 5.12. The van der Waals surface area contributed by atoms with Crippen LogP contribution < -0.4 is 4.74 Å². The number of aliphatic hydroxyl groups is 1. The van der Waals surface area contributed by atoms with Gasteiger partial charge in [-0.25, -0.2) is 18.3 Å². The maximum Gasteiger partial charge on any atom is 0.418 e. The fraction of sp³-hybridized carbons (Fsp3) is 0.526. The normalized spacial score (nSPS) is 13.4. The maximum atomic E-state index is 13.7. The highest BCUT2D eigenvalue weighted by molar-refractivity contribution is 5.89. The second-order valence-corrected chi connectivity index (χ2v) is 7.57. The molecule has 0 spiro atoms. The Hall–Kier alpha value is -2.76. The molecule has 2 rings (SSSR count). The smallest absolute Gasteiger partial charge is 0.418 e. The van der Waals surface area contributed by atoms with Crippen molar-refractivity contribution in [3.63, 3.8) is 0 Å². The van der Waals surface area contributed by atoms with Gasteiger partial charge in [0.25, 0.3) is 6.43 Å². The van der Waals surface area contributed by atoms with Crippen LogP contribution in [0.4, 0.5) is 22.0 Å². The van der Waals surface area contributed by atoms with E-state index in [1.807, 2.05) is 0 Å². The Morgan fingerprint density at radius 3 is 2.32 bits per heavy atom. The van der Waals surface area contributed by atoms with E-state index in [0.29, 0.717) is 6.20 Å². The molecule has 0 aromatic carbocycles. The van der Waals surface area contributed by atoms with Gasteiger partial charge in [-0.05, 0) is 34.6 Å². The summed E-state index contributed by atoms with van der Waals surface area (Å²) in [6.07, 6.45) is -10.5. The molecule has 12 heteroatoms. The van der Waals surface area contributed by atoms with E-state index in [1.165, 1.54) is 11.6 Å². The molecule has 2 aromatic heterocycles. The number of alkyl halides is 5. The molecule has 7 nitrogen and oxygen atoms in total. The predicted octanol–water partition coefficient (Wildman–Crippen LogP) is 4.84. The minimum Gasteiger partial charge on any atom is -0.461 e. The van der Waals surface area contributed by atoms with Crippen LogP contribution in [0.5, 0.6) is 11.6 Å². The van der Waals surface area contributed by atoms with Crippen molar-refractivity contribution in [3.8, 4) is 11.6 Å². The van der Waals surface area contributed by atoms with E-state index >= 15 is 0 Å². The van der Waals surface area contributed by atoms with Crippen molar-refractivity contribution in [2.24, 2.45) is 0 Å². The van der Waals surface area contributed by atoms with E-state index in [1.54, 1.807) is 27.7 Å². The Kier molecular flexibility index (Phi) is 6.94. The molecule has 0 amide bonds. The molecule has 0 bridgehead atoms. The van der Waals surface area contributed by atoms with Crippen molar-refractivity contribution in [2.75, 3.05) is 6.61 Å². The fourth-order valence-corrected chi connectivity index (χ4v) is 2.73. The molecule has 0 aliphatic carbocycles. The van der Waals surface area contributed by atoms with Gasteiger partial charge in [0.15, 0.2) is 17.5 Å². The number of carbonyl (C=O) groups is 1. The molecule has 0 radical (unpaired) electrons. The third-order valence-corrected chi connectivity index (χ3v) is 4.18. The summed E-state index contributed by atoms with van der Waals surface area (Å²) in [5.74, 6) is -1.64. The molecule has 1 N–H and O–H groups in total. The second kappa shape index (κ2) is 8.77. The van der Waals surface area contributed by atoms with Crippen LogP contribution in [-0.4, -0.2) is 38.6 Å². The number of hydrogen-bond acceptors (Lipinski definition) is 6. The monoisotopic (exact) mass is 451 g/mol. The molecule has 2 heterocycles. The summed E-state index contributed by atoms with van der Waals surface area (Å²) in [5.41, 5.74) is -3.10. The number of rotatable bonds is 6. The van der Waals surface area contributed by atoms with Crippen LogP contribution >= 0.6 is 0 Å². The number of halogens is 5. The average molecular weight is 451 g/mol. The molecular formula is C19H22F5N3O4. The number of hydrogen-bond donors (Lipinski definition) is 1. The zero-order valence-electron chi connectivity index (χ0n) is 17.4. The first kappa shape index (κ1) is 24.5. The van der Waals surface area contributed by atoms with E-state index in [2.05, 4.69) is 10.1 Å². The molecule has 0 fully saturated rings. The topological polar surface area (TPSA) is 86.5 Å². The van der Waals surface area contributed by atoms with Gasteiger partial charge in [0, 0.05) is 17.3 Å². The van der Waals surface area contributed by atoms with E-state index < -0.39 is 47.1 Å². The quantitative estimate of drug-likeness (QED) is 0.500. The van der Waals surface area contributed by atoms with E-state index in [0.717, 1.165) is 6.20 Å². The van der Waals surface area contributed by atoms with Crippen molar-refractivity contribution < 1.29 is 41.3 Å². The first-order valence-electron chi connectivity index (χ1n) is 9.15. The number of aromatic nitrogens is 3. The summed E-state index contributed by atoms with van der Waals surface area (Å²) in [6.45, 7) is 8.16. The summed E-state index contributed by atoms with van der Waals surface area (Å²) in [7, 11) is 0. The van der Waals surface area contributed by atoms with Crippen molar-refractivity contribution >= 4 is 5.97 Å². The zero-order chi connectivity index (χ0) is 23.7. The Morgan fingerprint density at radius 1 is 1.23 bits per heavy atom. The van der Waals surface area contributed by atoms with Gasteiger partial charge in [-0.3, -0.25) is 4.98 Å². The Balaban J connectivity index is 2.67. The number of pyridine rings is 1. The van der Waals surface area contributed by atoms with Crippen LogP contribution in [0.2, 0.25) is 0 Å². The van der Waals surface area contributed by atoms with Crippen LogP contribution in [-0.2, 0) is 10.3 Å². The van der Waals surface area contributed by atoms with Gasteiger partial charge >= 0.3 is 12.1 Å². The van der Waals surface area contributed by atoms with Gasteiger partial charge in [0.1, 0.15) is 0 Å². The molecule has 0 saturated carbocycles. The minimum absolute atomic E-state index is 0.0632. The zero-order valence-corrected chi connectivity index (χ0v) is 17.4. The fourth-order valence-electron chi connectivity index (χ4n) is 2.73. The standard InChI is InChI=1S/C19H22F5N3O4/c1-6-30-17(29)13-9(2)16(27(26-13)18(3,4)5)31-11-8-25-7-10(12(11)15(20)21)14(28)19(22,23)24/h7-8,14-15,28H,6H2,1-5H3. The Bertz CT molecular complexity index is 951. The molecule has 0 aliphatic rings. The molecule has 0 aliphatic heterocycles. The van der Waals surface area contributed by atoms with Crippen LogP contribution in [0.25, 0.3) is 0 Å². The van der Waals surface area contributed by atoms with Crippen molar-refractivity contribution in [1.29, 1.82) is 0 Å². The van der Waals surface area contributed by atoms with Gasteiger partial charge < -0.3 is 14.6 Å². The van der Waals surface area contributed by atoms with Crippen molar-refractivity contribution in [1.82, 2.24) is 14.8 Å².